The molecule has 5 rings (SSSR count). The summed E-state index contributed by atoms with van der Waals surface area (Å²) in [7, 11) is 0. The number of halogens is 1. The highest BCUT2D eigenvalue weighted by Gasteiger charge is 2.25. The van der Waals surface area contributed by atoms with Gasteiger partial charge in [0, 0.05) is 22.0 Å². The van der Waals surface area contributed by atoms with E-state index < -0.39 is 0 Å². The van der Waals surface area contributed by atoms with Crippen LogP contribution in [0.15, 0.2) is 78.9 Å². The van der Waals surface area contributed by atoms with Crippen molar-refractivity contribution in [3.8, 4) is 22.4 Å². The molecule has 0 spiro atoms. The van der Waals surface area contributed by atoms with Crippen LogP contribution in [0.5, 0.6) is 0 Å². The molecule has 0 bridgehead atoms. The largest absolute Gasteiger partial charge is 0.337 e. The van der Waals surface area contributed by atoms with Crippen LogP contribution in [0, 0.1) is 0 Å². The summed E-state index contributed by atoms with van der Waals surface area (Å²) >= 11 is 6.47. The third-order valence-electron chi connectivity index (χ3n) is 6.02. The third-order valence-corrected chi connectivity index (χ3v) is 6.25. The average Bonchev–Trinajstić information content (AvgIpc) is 3.10. The summed E-state index contributed by atoms with van der Waals surface area (Å²) in [4.78, 5) is 0. The molecule has 1 aliphatic carbocycles. The Bertz CT molecular complexity index is 1090. The Morgan fingerprint density at radius 1 is 0.714 bits per heavy atom. The Morgan fingerprint density at radius 3 is 2.04 bits per heavy atom. The molecule has 4 aromatic rings. The zero-order valence-electron chi connectivity index (χ0n) is 15.9. The lowest BCUT2D eigenvalue weighted by Crippen LogP contribution is -2.13. The van der Waals surface area contributed by atoms with Gasteiger partial charge in [-0.3, -0.25) is 0 Å². The van der Waals surface area contributed by atoms with Crippen LogP contribution in [0.2, 0.25) is 5.02 Å². The second-order valence-electron chi connectivity index (χ2n) is 7.78. The van der Waals surface area contributed by atoms with Gasteiger partial charge in [-0.2, -0.15) is 0 Å². The van der Waals surface area contributed by atoms with Crippen LogP contribution in [-0.2, 0) is 0 Å². The Hall–Kier alpha value is -2.51. The minimum atomic E-state index is 0.530. The summed E-state index contributed by atoms with van der Waals surface area (Å²) in [6, 6.07) is 28.5. The SMILES string of the molecule is Clc1ccc2c(-c3ccccc3)c(-c3ccccc3)n(C3CCCCC3)c2c1. The summed E-state index contributed by atoms with van der Waals surface area (Å²) in [6.45, 7) is 0. The zero-order chi connectivity index (χ0) is 18.9. The van der Waals surface area contributed by atoms with Crippen molar-refractivity contribution >= 4 is 22.5 Å². The molecule has 1 saturated carbocycles. The maximum absolute atomic E-state index is 6.47. The molecule has 140 valence electrons. The molecule has 1 aliphatic rings. The van der Waals surface area contributed by atoms with Crippen molar-refractivity contribution in [2.75, 3.05) is 0 Å². The molecule has 3 aromatic carbocycles. The van der Waals surface area contributed by atoms with Crippen molar-refractivity contribution < 1.29 is 0 Å². The summed E-state index contributed by atoms with van der Waals surface area (Å²) in [5.41, 5.74) is 6.46. The highest BCUT2D eigenvalue weighted by Crippen LogP contribution is 2.45. The van der Waals surface area contributed by atoms with Gasteiger partial charge in [0.1, 0.15) is 0 Å². The summed E-state index contributed by atoms with van der Waals surface area (Å²) < 4.78 is 2.60. The summed E-state index contributed by atoms with van der Waals surface area (Å²) in [5, 5.41) is 2.10. The molecule has 1 heterocycles. The van der Waals surface area contributed by atoms with Gasteiger partial charge in [0.2, 0.25) is 0 Å². The first kappa shape index (κ1) is 17.6. The Balaban J connectivity index is 1.89. The van der Waals surface area contributed by atoms with E-state index in [9.17, 15) is 0 Å². The molecule has 0 atom stereocenters. The first-order valence-corrected chi connectivity index (χ1v) is 10.6. The van der Waals surface area contributed by atoms with Gasteiger partial charge in [0.05, 0.1) is 11.2 Å². The Morgan fingerprint density at radius 2 is 1.36 bits per heavy atom. The fraction of sp³-hybridized carbons (Fsp3) is 0.231. The van der Waals surface area contributed by atoms with Crippen LogP contribution in [0.4, 0.5) is 0 Å². The second kappa shape index (κ2) is 7.48. The monoisotopic (exact) mass is 385 g/mol. The van der Waals surface area contributed by atoms with Gasteiger partial charge in [-0.15, -0.1) is 0 Å². The van der Waals surface area contributed by atoms with E-state index in [1.807, 2.05) is 6.07 Å². The molecule has 0 aliphatic heterocycles. The van der Waals surface area contributed by atoms with Crippen LogP contribution in [0.1, 0.15) is 38.1 Å². The van der Waals surface area contributed by atoms with E-state index in [2.05, 4.69) is 77.4 Å². The highest BCUT2D eigenvalue weighted by atomic mass is 35.5. The standard InChI is InChI=1S/C26H24ClN/c27-21-16-17-23-24(18-21)28(22-14-8-3-9-15-22)26(20-12-6-2-7-13-20)25(23)19-10-4-1-5-11-19/h1-2,4-7,10-13,16-18,22H,3,8-9,14-15H2. The van der Waals surface area contributed by atoms with Crippen molar-refractivity contribution in [2.24, 2.45) is 0 Å². The smallest absolute Gasteiger partial charge is 0.0573 e. The van der Waals surface area contributed by atoms with E-state index in [4.69, 9.17) is 11.6 Å². The molecule has 0 N–H and O–H groups in total. The van der Waals surface area contributed by atoms with E-state index in [1.165, 1.54) is 65.4 Å². The van der Waals surface area contributed by atoms with Crippen LogP contribution in [0.3, 0.4) is 0 Å². The number of nitrogens with zero attached hydrogens (tertiary/aromatic N) is 1. The number of rotatable bonds is 3. The molecule has 1 aromatic heterocycles. The van der Waals surface area contributed by atoms with Crippen molar-refractivity contribution in [3.63, 3.8) is 0 Å². The molecule has 0 unspecified atom stereocenters. The van der Waals surface area contributed by atoms with Gasteiger partial charge in [0.25, 0.3) is 0 Å². The number of hydrogen-bond acceptors (Lipinski definition) is 0. The van der Waals surface area contributed by atoms with E-state index in [0.29, 0.717) is 6.04 Å². The number of hydrogen-bond donors (Lipinski definition) is 0. The van der Waals surface area contributed by atoms with Crippen LogP contribution < -0.4 is 0 Å². The van der Waals surface area contributed by atoms with Crippen LogP contribution in [-0.4, -0.2) is 4.57 Å². The van der Waals surface area contributed by atoms with Gasteiger partial charge in [-0.25, -0.2) is 0 Å². The lowest BCUT2D eigenvalue weighted by Gasteiger charge is -2.27. The van der Waals surface area contributed by atoms with E-state index in [-0.39, 0.29) is 0 Å². The van der Waals surface area contributed by atoms with E-state index in [1.54, 1.807) is 0 Å². The second-order valence-corrected chi connectivity index (χ2v) is 8.22. The van der Waals surface area contributed by atoms with Crippen molar-refractivity contribution in [2.45, 2.75) is 38.1 Å². The molecule has 0 amide bonds. The predicted octanol–water partition coefficient (Wildman–Crippen LogP) is 8.13. The molecular weight excluding hydrogens is 362 g/mol. The topological polar surface area (TPSA) is 4.93 Å². The fourth-order valence-corrected chi connectivity index (χ4v) is 4.95. The minimum Gasteiger partial charge on any atom is -0.337 e. The summed E-state index contributed by atoms with van der Waals surface area (Å²) in [5.74, 6) is 0. The lowest BCUT2D eigenvalue weighted by atomic mass is 9.94. The van der Waals surface area contributed by atoms with Crippen molar-refractivity contribution in [3.05, 3.63) is 83.9 Å². The molecule has 1 fully saturated rings. The van der Waals surface area contributed by atoms with Crippen molar-refractivity contribution in [1.29, 1.82) is 0 Å². The molecule has 0 saturated heterocycles. The van der Waals surface area contributed by atoms with Gasteiger partial charge in [-0.05, 0) is 36.1 Å². The normalized spacial score (nSPS) is 15.2. The average molecular weight is 386 g/mol. The Kier molecular flexibility index (Phi) is 4.70. The summed E-state index contributed by atoms with van der Waals surface area (Å²) in [6.07, 6.45) is 6.44. The molecule has 0 radical (unpaired) electrons. The maximum Gasteiger partial charge on any atom is 0.0573 e. The Labute approximate surface area is 171 Å². The van der Waals surface area contributed by atoms with Gasteiger partial charge in [-0.1, -0.05) is 97.6 Å². The predicted molar refractivity (Wildman–Crippen MR) is 120 cm³/mol. The minimum absolute atomic E-state index is 0.530. The number of aromatic nitrogens is 1. The first-order valence-electron chi connectivity index (χ1n) is 10.3. The third kappa shape index (κ3) is 3.04. The molecule has 2 heteroatoms. The van der Waals surface area contributed by atoms with E-state index in [0.717, 1.165) is 5.02 Å². The number of benzene rings is 3. The van der Waals surface area contributed by atoms with Gasteiger partial charge in [0.15, 0.2) is 0 Å². The molecular formula is C26H24ClN. The van der Waals surface area contributed by atoms with Crippen molar-refractivity contribution in [1.82, 2.24) is 4.57 Å². The van der Waals surface area contributed by atoms with Gasteiger partial charge >= 0.3 is 0 Å². The quantitative estimate of drug-likeness (QED) is 0.335. The zero-order valence-corrected chi connectivity index (χ0v) is 16.7. The molecule has 28 heavy (non-hydrogen) atoms. The van der Waals surface area contributed by atoms with E-state index >= 15 is 0 Å². The van der Waals surface area contributed by atoms with Gasteiger partial charge < -0.3 is 4.57 Å². The molecule has 1 nitrogen and oxygen atoms in total. The highest BCUT2D eigenvalue weighted by molar-refractivity contribution is 6.31. The lowest BCUT2D eigenvalue weighted by molar-refractivity contribution is 0.363. The maximum atomic E-state index is 6.47. The fourth-order valence-electron chi connectivity index (χ4n) is 4.78. The first-order chi connectivity index (χ1) is 13.8. The van der Waals surface area contributed by atoms with Crippen LogP contribution >= 0.6 is 11.6 Å². The number of fused-ring (bicyclic) bond motifs is 1. The van der Waals surface area contributed by atoms with Crippen LogP contribution in [0.25, 0.3) is 33.3 Å².